The van der Waals surface area contributed by atoms with Gasteiger partial charge in [-0.05, 0) is 18.9 Å². The average Bonchev–Trinajstić information content (AvgIpc) is 3.36. The van der Waals surface area contributed by atoms with Gasteiger partial charge in [-0.15, -0.1) is 0 Å². The van der Waals surface area contributed by atoms with Gasteiger partial charge < -0.3 is 9.42 Å². The molecule has 1 fully saturated rings. The fourth-order valence-electron chi connectivity index (χ4n) is 3.64. The maximum atomic E-state index is 13.0. The largest absolute Gasteiger partial charge is 0.350 e. The molecule has 1 aliphatic rings. The Kier molecular flexibility index (Phi) is 5.37. The molecule has 0 aliphatic carbocycles. The van der Waals surface area contributed by atoms with Crippen LogP contribution in [0, 0.1) is 0 Å². The number of sulfone groups is 1. The van der Waals surface area contributed by atoms with Crippen molar-refractivity contribution in [2.45, 2.75) is 23.7 Å². The Hall–Kier alpha value is -2.72. The lowest BCUT2D eigenvalue weighted by atomic mass is 9.94. The van der Waals surface area contributed by atoms with Gasteiger partial charge in [0, 0.05) is 56.3 Å². The zero-order valence-corrected chi connectivity index (χ0v) is 18.0. The summed E-state index contributed by atoms with van der Waals surface area (Å²) in [6.45, 7) is 0.874. The molecule has 9 nitrogen and oxygen atoms in total. The molecule has 3 aromatic heterocycles. The second kappa shape index (κ2) is 7.84. The van der Waals surface area contributed by atoms with Crippen molar-refractivity contribution in [1.29, 1.82) is 0 Å². The molecule has 0 unspecified atom stereocenters. The van der Waals surface area contributed by atoms with E-state index >= 15 is 0 Å². The summed E-state index contributed by atoms with van der Waals surface area (Å²) in [5.41, 5.74) is 1.71. The molecule has 0 saturated carbocycles. The normalized spacial score (nSPS) is 17.3. The third-order valence-electron chi connectivity index (χ3n) is 5.06. The van der Waals surface area contributed by atoms with Crippen molar-refractivity contribution in [1.82, 2.24) is 24.8 Å². The molecule has 11 heteroatoms. The minimum absolute atomic E-state index is 0.104. The van der Waals surface area contributed by atoms with Crippen LogP contribution in [-0.2, 0) is 16.9 Å². The Morgan fingerprint density at radius 2 is 2.10 bits per heavy atom. The smallest absolute Gasteiger partial charge is 0.292 e. The third-order valence-corrected chi connectivity index (χ3v) is 6.40. The summed E-state index contributed by atoms with van der Waals surface area (Å²) in [5.74, 6) is -0.385. The number of aromatic nitrogens is 4. The van der Waals surface area contributed by atoms with Crippen LogP contribution in [0.3, 0.4) is 0 Å². The van der Waals surface area contributed by atoms with Crippen LogP contribution in [0.25, 0.3) is 11.3 Å². The second-order valence-electron chi connectivity index (χ2n) is 7.38. The maximum Gasteiger partial charge on any atom is 0.292 e. The molecule has 4 heterocycles. The fourth-order valence-corrected chi connectivity index (χ4v) is 4.80. The molecule has 158 valence electrons. The van der Waals surface area contributed by atoms with Gasteiger partial charge in [-0.25, -0.2) is 8.42 Å². The first-order valence-corrected chi connectivity index (χ1v) is 11.6. The topological polar surface area (TPSA) is 111 Å². The quantitative estimate of drug-likeness (QED) is 0.601. The highest BCUT2D eigenvalue weighted by molar-refractivity contribution is 7.90. The lowest BCUT2D eigenvalue weighted by Crippen LogP contribution is -2.39. The van der Waals surface area contributed by atoms with E-state index in [2.05, 4.69) is 15.2 Å². The van der Waals surface area contributed by atoms with Crippen molar-refractivity contribution in [3.63, 3.8) is 0 Å². The van der Waals surface area contributed by atoms with E-state index in [0.717, 1.165) is 18.2 Å². The van der Waals surface area contributed by atoms with Crippen LogP contribution in [0.1, 0.15) is 35.0 Å². The zero-order chi connectivity index (χ0) is 21.5. The van der Waals surface area contributed by atoms with Crippen LogP contribution in [0.5, 0.6) is 0 Å². The lowest BCUT2D eigenvalue weighted by Gasteiger charge is -2.32. The summed E-state index contributed by atoms with van der Waals surface area (Å²) in [6.07, 6.45) is 7.42. The van der Waals surface area contributed by atoms with Gasteiger partial charge in [0.25, 0.3) is 5.91 Å². The molecule has 0 bridgehead atoms. The molecule has 1 atom stereocenters. The summed E-state index contributed by atoms with van der Waals surface area (Å²) in [7, 11) is -1.72. The highest BCUT2D eigenvalue weighted by atomic mass is 35.5. The number of hydrogen-bond acceptors (Lipinski definition) is 7. The van der Waals surface area contributed by atoms with E-state index in [1.165, 1.54) is 12.3 Å². The fraction of sp³-hybridized carbons (Fsp3) is 0.368. The summed E-state index contributed by atoms with van der Waals surface area (Å²) in [4.78, 5) is 19.0. The molecule has 4 rings (SSSR count). The van der Waals surface area contributed by atoms with E-state index in [0.29, 0.717) is 30.9 Å². The zero-order valence-electron chi connectivity index (χ0n) is 16.4. The number of piperidine rings is 1. The van der Waals surface area contributed by atoms with Gasteiger partial charge in [0.15, 0.2) is 9.84 Å². The minimum Gasteiger partial charge on any atom is -0.350 e. The first-order valence-electron chi connectivity index (χ1n) is 9.33. The predicted octanol–water partition coefficient (Wildman–Crippen LogP) is 2.55. The molecule has 30 heavy (non-hydrogen) atoms. The minimum atomic E-state index is -3.51. The standard InChI is InChI=1S/C19H20ClN5O4S/c1-24-10-13(8-22-24)15-7-16(29-23-15)19(26)25-5-3-4-12(11-25)18-17(30(2,27)28)6-14(20)9-21-18/h6-10,12H,3-5,11H2,1-2H3/t12-/m0/s1. The van der Waals surface area contributed by atoms with E-state index in [-0.39, 0.29) is 27.5 Å². The predicted molar refractivity (Wildman–Crippen MR) is 109 cm³/mol. The van der Waals surface area contributed by atoms with Crippen LogP contribution >= 0.6 is 11.6 Å². The highest BCUT2D eigenvalue weighted by Crippen LogP contribution is 2.32. The molecule has 0 aromatic carbocycles. The second-order valence-corrected chi connectivity index (χ2v) is 9.80. The number of pyridine rings is 1. The van der Waals surface area contributed by atoms with Gasteiger partial charge in [0.1, 0.15) is 5.69 Å². The number of carbonyl (C=O) groups is 1. The number of likely N-dealkylation sites (tertiary alicyclic amines) is 1. The summed E-state index contributed by atoms with van der Waals surface area (Å²) < 4.78 is 31.3. The highest BCUT2D eigenvalue weighted by Gasteiger charge is 2.31. The molecule has 3 aromatic rings. The lowest BCUT2D eigenvalue weighted by molar-refractivity contribution is 0.0663. The van der Waals surface area contributed by atoms with Gasteiger partial charge in [0.05, 0.1) is 21.8 Å². The van der Waals surface area contributed by atoms with Gasteiger partial charge in [-0.2, -0.15) is 5.10 Å². The number of hydrogen-bond donors (Lipinski definition) is 0. The van der Waals surface area contributed by atoms with Crippen LogP contribution in [0.15, 0.2) is 40.1 Å². The number of amides is 1. The number of carbonyl (C=O) groups excluding carboxylic acids is 1. The molecule has 0 spiro atoms. The Morgan fingerprint density at radius 1 is 1.30 bits per heavy atom. The van der Waals surface area contributed by atoms with Crippen LogP contribution < -0.4 is 0 Å². The summed E-state index contributed by atoms with van der Waals surface area (Å²) >= 11 is 5.96. The van der Waals surface area contributed by atoms with Crippen molar-refractivity contribution in [2.75, 3.05) is 19.3 Å². The van der Waals surface area contributed by atoms with Crippen molar-refractivity contribution < 1.29 is 17.7 Å². The van der Waals surface area contributed by atoms with E-state index < -0.39 is 9.84 Å². The van der Waals surface area contributed by atoms with Gasteiger partial charge in [-0.1, -0.05) is 16.8 Å². The van der Waals surface area contributed by atoms with E-state index in [1.54, 1.807) is 35.1 Å². The first kappa shape index (κ1) is 20.5. The van der Waals surface area contributed by atoms with Gasteiger partial charge >= 0.3 is 0 Å². The van der Waals surface area contributed by atoms with E-state index in [4.69, 9.17) is 16.1 Å². The van der Waals surface area contributed by atoms with E-state index in [1.807, 2.05) is 0 Å². The molecule has 1 saturated heterocycles. The Bertz CT molecular complexity index is 1200. The maximum absolute atomic E-state index is 13.0. The summed E-state index contributed by atoms with van der Waals surface area (Å²) in [5, 5.41) is 8.31. The van der Waals surface area contributed by atoms with E-state index in [9.17, 15) is 13.2 Å². The average molecular weight is 450 g/mol. The first-order chi connectivity index (χ1) is 14.2. The summed E-state index contributed by atoms with van der Waals surface area (Å²) in [6, 6.07) is 3.00. The number of aryl methyl sites for hydroxylation is 1. The van der Waals surface area contributed by atoms with Gasteiger partial charge in [-0.3, -0.25) is 14.5 Å². The molecular weight excluding hydrogens is 430 g/mol. The van der Waals surface area contributed by atoms with Crippen LogP contribution in [-0.4, -0.2) is 58.5 Å². The molecule has 1 amide bonds. The third kappa shape index (κ3) is 4.10. The Labute approximate surface area is 178 Å². The van der Waals surface area contributed by atoms with Crippen LogP contribution in [0.2, 0.25) is 5.02 Å². The molecular formula is C19H20ClN5O4S. The Morgan fingerprint density at radius 3 is 2.80 bits per heavy atom. The Balaban J connectivity index is 1.57. The van der Waals surface area contributed by atoms with Crippen molar-refractivity contribution in [2.24, 2.45) is 7.05 Å². The number of halogens is 1. The van der Waals surface area contributed by atoms with Crippen molar-refractivity contribution in [3.05, 3.63) is 47.2 Å². The molecule has 0 N–H and O–H groups in total. The SMILES string of the molecule is Cn1cc(-c2cc(C(=O)N3CCC[C@H](c4ncc(Cl)cc4S(C)(=O)=O)C3)on2)cn1. The van der Waals surface area contributed by atoms with Gasteiger partial charge in [0.2, 0.25) is 5.76 Å². The number of rotatable bonds is 4. The van der Waals surface area contributed by atoms with Crippen molar-refractivity contribution >= 4 is 27.3 Å². The molecule has 1 aliphatic heterocycles. The van der Waals surface area contributed by atoms with Crippen LogP contribution in [0.4, 0.5) is 0 Å². The number of nitrogens with zero attached hydrogens (tertiary/aromatic N) is 5. The molecule has 0 radical (unpaired) electrons. The van der Waals surface area contributed by atoms with Crippen molar-refractivity contribution in [3.8, 4) is 11.3 Å². The monoisotopic (exact) mass is 449 g/mol.